The maximum Gasteiger partial charge on any atom is 0.231 e. The number of ether oxygens (including phenoxy) is 2. The SMILES string of the molecule is c1ccc2oc(-c3ccc4c(c3)OCO4)cc2c1. The molecule has 1 aliphatic rings. The number of hydrogen-bond acceptors (Lipinski definition) is 3. The minimum atomic E-state index is 0.291. The van der Waals surface area contributed by atoms with Gasteiger partial charge in [-0.05, 0) is 30.3 Å². The molecule has 3 heteroatoms. The van der Waals surface area contributed by atoms with E-state index >= 15 is 0 Å². The predicted octanol–water partition coefficient (Wildman–Crippen LogP) is 3.83. The van der Waals surface area contributed by atoms with Crippen LogP contribution in [0.5, 0.6) is 11.5 Å². The first-order chi connectivity index (χ1) is 8.90. The predicted molar refractivity (Wildman–Crippen MR) is 67.8 cm³/mol. The van der Waals surface area contributed by atoms with Crippen LogP contribution < -0.4 is 9.47 Å². The highest BCUT2D eigenvalue weighted by atomic mass is 16.7. The van der Waals surface area contributed by atoms with E-state index in [0.717, 1.165) is 33.8 Å². The molecule has 0 saturated heterocycles. The topological polar surface area (TPSA) is 31.6 Å². The van der Waals surface area contributed by atoms with Crippen LogP contribution in [0.25, 0.3) is 22.3 Å². The van der Waals surface area contributed by atoms with E-state index in [2.05, 4.69) is 0 Å². The van der Waals surface area contributed by atoms with Crippen LogP contribution in [0, 0.1) is 0 Å². The van der Waals surface area contributed by atoms with Gasteiger partial charge in [0.05, 0.1) is 0 Å². The lowest BCUT2D eigenvalue weighted by atomic mass is 10.1. The number of rotatable bonds is 1. The Morgan fingerprint density at radius 2 is 1.72 bits per heavy atom. The fourth-order valence-electron chi connectivity index (χ4n) is 2.17. The Hall–Kier alpha value is -2.42. The van der Waals surface area contributed by atoms with Crippen molar-refractivity contribution < 1.29 is 13.9 Å². The first-order valence-electron chi connectivity index (χ1n) is 5.79. The van der Waals surface area contributed by atoms with Crippen molar-refractivity contribution in [1.82, 2.24) is 0 Å². The fourth-order valence-corrected chi connectivity index (χ4v) is 2.17. The molecule has 0 aliphatic carbocycles. The molecule has 0 atom stereocenters. The molecular formula is C15H10O3. The first kappa shape index (κ1) is 9.59. The van der Waals surface area contributed by atoms with E-state index in [1.807, 2.05) is 48.5 Å². The van der Waals surface area contributed by atoms with Crippen molar-refractivity contribution in [3.8, 4) is 22.8 Å². The molecule has 0 amide bonds. The molecule has 0 unspecified atom stereocenters. The minimum absolute atomic E-state index is 0.291. The van der Waals surface area contributed by atoms with Crippen LogP contribution in [0.1, 0.15) is 0 Å². The van der Waals surface area contributed by atoms with Gasteiger partial charge in [0, 0.05) is 10.9 Å². The Morgan fingerprint density at radius 1 is 0.833 bits per heavy atom. The van der Waals surface area contributed by atoms with Gasteiger partial charge in [-0.1, -0.05) is 18.2 Å². The highest BCUT2D eigenvalue weighted by molar-refractivity contribution is 5.83. The van der Waals surface area contributed by atoms with Crippen molar-refractivity contribution in [3.05, 3.63) is 48.5 Å². The van der Waals surface area contributed by atoms with E-state index in [-0.39, 0.29) is 0 Å². The molecule has 88 valence electrons. The highest BCUT2D eigenvalue weighted by Crippen LogP contribution is 2.37. The van der Waals surface area contributed by atoms with Gasteiger partial charge in [0.25, 0.3) is 0 Å². The quantitative estimate of drug-likeness (QED) is 0.645. The Bertz CT molecular complexity index is 694. The summed E-state index contributed by atoms with van der Waals surface area (Å²) in [6.07, 6.45) is 0. The molecule has 0 radical (unpaired) electrons. The summed E-state index contributed by atoms with van der Waals surface area (Å²) in [4.78, 5) is 0. The number of benzene rings is 2. The molecule has 1 aromatic heterocycles. The summed E-state index contributed by atoms with van der Waals surface area (Å²) in [5, 5.41) is 1.10. The van der Waals surface area contributed by atoms with Gasteiger partial charge >= 0.3 is 0 Å². The van der Waals surface area contributed by atoms with E-state index in [1.54, 1.807) is 0 Å². The molecule has 0 saturated carbocycles. The number of para-hydroxylation sites is 1. The summed E-state index contributed by atoms with van der Waals surface area (Å²) in [6.45, 7) is 0.291. The molecule has 2 heterocycles. The smallest absolute Gasteiger partial charge is 0.231 e. The van der Waals surface area contributed by atoms with Crippen LogP contribution >= 0.6 is 0 Å². The van der Waals surface area contributed by atoms with Crippen LogP contribution in [0.2, 0.25) is 0 Å². The standard InChI is InChI=1S/C15H10O3/c1-2-4-12-10(3-1)7-14(18-12)11-5-6-13-15(8-11)17-9-16-13/h1-8H,9H2. The summed E-state index contributed by atoms with van der Waals surface area (Å²) >= 11 is 0. The van der Waals surface area contributed by atoms with Crippen LogP contribution in [-0.2, 0) is 0 Å². The molecule has 1 aliphatic heterocycles. The zero-order chi connectivity index (χ0) is 11.9. The number of furan rings is 1. The Kier molecular flexibility index (Phi) is 1.88. The lowest BCUT2D eigenvalue weighted by Crippen LogP contribution is -1.92. The van der Waals surface area contributed by atoms with E-state index in [9.17, 15) is 0 Å². The molecule has 3 aromatic rings. The lowest BCUT2D eigenvalue weighted by Gasteiger charge is -1.99. The molecule has 2 aromatic carbocycles. The van der Waals surface area contributed by atoms with E-state index < -0.39 is 0 Å². The second kappa shape index (κ2) is 3.53. The van der Waals surface area contributed by atoms with Crippen molar-refractivity contribution in [2.75, 3.05) is 6.79 Å². The number of fused-ring (bicyclic) bond motifs is 2. The summed E-state index contributed by atoms with van der Waals surface area (Å²) in [5.74, 6) is 2.40. The average Bonchev–Trinajstić information content (AvgIpc) is 3.04. The summed E-state index contributed by atoms with van der Waals surface area (Å²) in [7, 11) is 0. The summed E-state index contributed by atoms with van der Waals surface area (Å²) in [5.41, 5.74) is 1.89. The van der Waals surface area contributed by atoms with E-state index in [0.29, 0.717) is 6.79 Å². The van der Waals surface area contributed by atoms with Gasteiger partial charge in [-0.2, -0.15) is 0 Å². The van der Waals surface area contributed by atoms with Crippen LogP contribution in [0.3, 0.4) is 0 Å². The summed E-state index contributed by atoms with van der Waals surface area (Å²) in [6, 6.07) is 15.8. The Balaban J connectivity index is 1.86. The molecule has 0 fully saturated rings. The van der Waals surface area contributed by atoms with Crippen molar-refractivity contribution in [3.63, 3.8) is 0 Å². The maximum absolute atomic E-state index is 5.82. The molecule has 3 nitrogen and oxygen atoms in total. The molecule has 18 heavy (non-hydrogen) atoms. The lowest BCUT2D eigenvalue weighted by molar-refractivity contribution is 0.174. The van der Waals surface area contributed by atoms with Gasteiger partial charge in [0.15, 0.2) is 11.5 Å². The average molecular weight is 238 g/mol. The van der Waals surface area contributed by atoms with Gasteiger partial charge in [-0.3, -0.25) is 0 Å². The third kappa shape index (κ3) is 1.37. The maximum atomic E-state index is 5.82. The van der Waals surface area contributed by atoms with Gasteiger partial charge in [-0.25, -0.2) is 0 Å². The third-order valence-electron chi connectivity index (χ3n) is 3.08. The molecule has 0 spiro atoms. The third-order valence-corrected chi connectivity index (χ3v) is 3.08. The fraction of sp³-hybridized carbons (Fsp3) is 0.0667. The zero-order valence-electron chi connectivity index (χ0n) is 9.55. The van der Waals surface area contributed by atoms with Gasteiger partial charge in [-0.15, -0.1) is 0 Å². The van der Waals surface area contributed by atoms with Crippen molar-refractivity contribution >= 4 is 11.0 Å². The number of hydrogen-bond donors (Lipinski definition) is 0. The van der Waals surface area contributed by atoms with Crippen molar-refractivity contribution in [2.45, 2.75) is 0 Å². The minimum Gasteiger partial charge on any atom is -0.456 e. The van der Waals surface area contributed by atoms with Gasteiger partial charge in [0.2, 0.25) is 6.79 Å². The molecule has 0 bridgehead atoms. The van der Waals surface area contributed by atoms with Gasteiger partial charge < -0.3 is 13.9 Å². The second-order valence-electron chi connectivity index (χ2n) is 4.22. The Labute approximate surface area is 104 Å². The van der Waals surface area contributed by atoms with Crippen LogP contribution in [-0.4, -0.2) is 6.79 Å². The molecule has 4 rings (SSSR count). The Morgan fingerprint density at radius 3 is 2.67 bits per heavy atom. The van der Waals surface area contributed by atoms with E-state index in [1.165, 1.54) is 0 Å². The van der Waals surface area contributed by atoms with Crippen LogP contribution in [0.15, 0.2) is 52.9 Å². The van der Waals surface area contributed by atoms with Gasteiger partial charge in [0.1, 0.15) is 11.3 Å². The monoisotopic (exact) mass is 238 g/mol. The van der Waals surface area contributed by atoms with Crippen LogP contribution in [0.4, 0.5) is 0 Å². The highest BCUT2D eigenvalue weighted by Gasteiger charge is 2.15. The summed E-state index contributed by atoms with van der Waals surface area (Å²) < 4.78 is 16.5. The normalized spacial score (nSPS) is 13.1. The largest absolute Gasteiger partial charge is 0.456 e. The van der Waals surface area contributed by atoms with Crippen molar-refractivity contribution in [2.24, 2.45) is 0 Å². The zero-order valence-corrected chi connectivity index (χ0v) is 9.55. The first-order valence-corrected chi connectivity index (χ1v) is 5.79. The van der Waals surface area contributed by atoms with Crippen molar-refractivity contribution in [1.29, 1.82) is 0 Å². The molecule has 0 N–H and O–H groups in total. The second-order valence-corrected chi connectivity index (χ2v) is 4.22. The van der Waals surface area contributed by atoms with E-state index in [4.69, 9.17) is 13.9 Å². The molecular weight excluding hydrogens is 228 g/mol.